The molecule has 1 aliphatic heterocycles. The Morgan fingerprint density at radius 2 is 1.68 bits per heavy atom. The Kier molecular flexibility index (Phi) is 8.25. The largest absolute Gasteiger partial charge is 0.493 e. The molecule has 224 valence electrons. The molecular formula is C34H35N7O3. The van der Waals surface area contributed by atoms with Crippen LogP contribution in [0.3, 0.4) is 0 Å². The third-order valence-corrected chi connectivity index (χ3v) is 7.61. The summed E-state index contributed by atoms with van der Waals surface area (Å²) in [5.41, 5.74) is 6.68. The first-order valence-corrected chi connectivity index (χ1v) is 14.5. The number of nitrogens with zero attached hydrogens (tertiary/aromatic N) is 4. The molecule has 1 fully saturated rings. The molecule has 2 aromatic heterocycles. The Morgan fingerprint density at radius 3 is 2.45 bits per heavy atom. The molecule has 0 radical (unpaired) electrons. The molecule has 10 nitrogen and oxygen atoms in total. The number of carbonyl (C=O) groups excluding carboxylic acids is 1. The van der Waals surface area contributed by atoms with Gasteiger partial charge in [0.15, 0.2) is 17.3 Å². The summed E-state index contributed by atoms with van der Waals surface area (Å²) in [7, 11) is 3.22. The minimum atomic E-state index is -0.527. The zero-order valence-electron chi connectivity index (χ0n) is 25.2. The van der Waals surface area contributed by atoms with Crippen LogP contribution in [0.4, 0.5) is 23.1 Å². The molecule has 1 aliphatic rings. The lowest BCUT2D eigenvalue weighted by molar-refractivity contribution is -0.117. The molecule has 3 heterocycles. The van der Waals surface area contributed by atoms with E-state index in [2.05, 4.69) is 16.0 Å². The second-order valence-electron chi connectivity index (χ2n) is 10.8. The predicted molar refractivity (Wildman–Crippen MR) is 174 cm³/mol. The summed E-state index contributed by atoms with van der Waals surface area (Å²) in [6.45, 7) is 5.75. The number of nitrogens with one attached hydrogen (secondary N) is 3. The van der Waals surface area contributed by atoms with E-state index < -0.39 is 6.04 Å². The third-order valence-electron chi connectivity index (χ3n) is 7.61. The Bertz CT molecular complexity index is 1810. The Morgan fingerprint density at radius 1 is 0.864 bits per heavy atom. The van der Waals surface area contributed by atoms with Crippen molar-refractivity contribution in [1.82, 2.24) is 20.3 Å². The first kappa shape index (κ1) is 28.9. The average Bonchev–Trinajstić information content (AvgIpc) is 3.05. The normalized spacial score (nSPS) is 14.7. The highest BCUT2D eigenvalue weighted by molar-refractivity contribution is 5.99. The lowest BCUT2D eigenvalue weighted by atomic mass is 10.1. The fraction of sp³-hybridized carbons (Fsp3) is 0.235. The molecule has 3 N–H and O–H groups in total. The van der Waals surface area contributed by atoms with Gasteiger partial charge < -0.3 is 30.3 Å². The van der Waals surface area contributed by atoms with E-state index in [4.69, 9.17) is 24.4 Å². The van der Waals surface area contributed by atoms with Crippen LogP contribution in [0.2, 0.25) is 0 Å². The van der Waals surface area contributed by atoms with Crippen molar-refractivity contribution < 1.29 is 14.3 Å². The molecule has 1 unspecified atom stereocenters. The summed E-state index contributed by atoms with van der Waals surface area (Å²) < 4.78 is 11.0. The maximum absolute atomic E-state index is 13.7. The molecule has 0 saturated carbocycles. The number of amides is 1. The Labute approximate surface area is 256 Å². The average molecular weight is 590 g/mol. The second-order valence-corrected chi connectivity index (χ2v) is 10.8. The van der Waals surface area contributed by atoms with Crippen LogP contribution in [0, 0.1) is 13.8 Å². The van der Waals surface area contributed by atoms with E-state index in [1.807, 2.05) is 97.6 Å². The van der Waals surface area contributed by atoms with Crippen molar-refractivity contribution in [3.8, 4) is 22.8 Å². The summed E-state index contributed by atoms with van der Waals surface area (Å²) in [6, 6.07) is 24.8. The minimum absolute atomic E-state index is 0.126. The van der Waals surface area contributed by atoms with Gasteiger partial charge in [-0.3, -0.25) is 4.79 Å². The van der Waals surface area contributed by atoms with Gasteiger partial charge in [-0.2, -0.15) is 4.98 Å². The number of aryl methyl sites for hydroxylation is 2. The van der Waals surface area contributed by atoms with Gasteiger partial charge in [-0.15, -0.1) is 0 Å². The molecule has 0 bridgehead atoms. The molecule has 6 rings (SSSR count). The molecular weight excluding hydrogens is 554 g/mol. The van der Waals surface area contributed by atoms with Crippen molar-refractivity contribution in [2.24, 2.45) is 0 Å². The Balaban J connectivity index is 1.44. The number of carbonyl (C=O) groups is 1. The van der Waals surface area contributed by atoms with Crippen molar-refractivity contribution >= 4 is 40.1 Å². The maximum Gasteiger partial charge on any atom is 0.248 e. The lowest BCUT2D eigenvalue weighted by Crippen LogP contribution is -2.57. The van der Waals surface area contributed by atoms with Gasteiger partial charge in [-0.05, 0) is 74.0 Å². The number of ether oxygens (including phenoxy) is 2. The van der Waals surface area contributed by atoms with E-state index in [0.29, 0.717) is 53.9 Å². The van der Waals surface area contributed by atoms with E-state index in [-0.39, 0.29) is 5.91 Å². The standard InChI is InChI=1S/C34H35N7O3/c1-21-8-11-24(12-9-21)37-34-39-27-14-13-26(23-10-15-29(43-3)30(19-23)44-4)38-31(27)32(40-34)41-17-16-35-20-28(41)33(42)36-25-7-5-6-22(2)18-25/h5-15,18-19,28,35H,16-17,20H2,1-4H3,(H,36,42)(H,37,39,40). The topological polar surface area (TPSA) is 114 Å². The van der Waals surface area contributed by atoms with Crippen molar-refractivity contribution in [3.63, 3.8) is 0 Å². The van der Waals surface area contributed by atoms with Crippen LogP contribution in [0.5, 0.6) is 11.5 Å². The molecule has 1 atom stereocenters. The highest BCUT2D eigenvalue weighted by Crippen LogP contribution is 2.34. The number of benzene rings is 3. The monoisotopic (exact) mass is 589 g/mol. The van der Waals surface area contributed by atoms with Crippen LogP contribution in [0.25, 0.3) is 22.3 Å². The van der Waals surface area contributed by atoms with Gasteiger partial charge in [0.25, 0.3) is 0 Å². The molecule has 3 aromatic carbocycles. The van der Waals surface area contributed by atoms with Gasteiger partial charge in [0.2, 0.25) is 11.9 Å². The van der Waals surface area contributed by atoms with E-state index in [1.165, 1.54) is 0 Å². The van der Waals surface area contributed by atoms with Crippen molar-refractivity contribution in [2.45, 2.75) is 19.9 Å². The molecule has 1 amide bonds. The highest BCUT2D eigenvalue weighted by atomic mass is 16.5. The summed E-state index contributed by atoms with van der Waals surface area (Å²) in [5, 5.41) is 9.81. The van der Waals surface area contributed by atoms with Gasteiger partial charge in [-0.1, -0.05) is 29.8 Å². The van der Waals surface area contributed by atoms with E-state index in [1.54, 1.807) is 14.2 Å². The second kappa shape index (κ2) is 12.6. The predicted octanol–water partition coefficient (Wildman–Crippen LogP) is 5.49. The van der Waals surface area contributed by atoms with Crippen LogP contribution in [-0.2, 0) is 4.79 Å². The summed E-state index contributed by atoms with van der Waals surface area (Å²) in [4.78, 5) is 30.6. The molecule has 44 heavy (non-hydrogen) atoms. The van der Waals surface area contributed by atoms with Crippen LogP contribution in [-0.4, -0.2) is 60.8 Å². The van der Waals surface area contributed by atoms with Crippen LogP contribution in [0.1, 0.15) is 11.1 Å². The van der Waals surface area contributed by atoms with Crippen LogP contribution in [0.15, 0.2) is 78.9 Å². The van der Waals surface area contributed by atoms with E-state index in [9.17, 15) is 4.79 Å². The van der Waals surface area contributed by atoms with E-state index in [0.717, 1.165) is 33.8 Å². The minimum Gasteiger partial charge on any atom is -0.493 e. The van der Waals surface area contributed by atoms with Crippen molar-refractivity contribution in [3.05, 3.63) is 90.0 Å². The highest BCUT2D eigenvalue weighted by Gasteiger charge is 2.32. The van der Waals surface area contributed by atoms with Crippen molar-refractivity contribution in [1.29, 1.82) is 0 Å². The van der Waals surface area contributed by atoms with Gasteiger partial charge >= 0.3 is 0 Å². The number of piperazine rings is 1. The van der Waals surface area contributed by atoms with Crippen LogP contribution >= 0.6 is 0 Å². The van der Waals surface area contributed by atoms with Gasteiger partial charge in [0.1, 0.15) is 11.6 Å². The molecule has 0 aliphatic carbocycles. The number of methoxy groups -OCH3 is 2. The zero-order valence-corrected chi connectivity index (χ0v) is 25.2. The number of anilines is 4. The van der Waals surface area contributed by atoms with Crippen LogP contribution < -0.4 is 30.3 Å². The number of aromatic nitrogens is 3. The molecule has 10 heteroatoms. The zero-order chi connectivity index (χ0) is 30.6. The SMILES string of the molecule is COc1ccc(-c2ccc3nc(Nc4ccc(C)cc4)nc(N4CCNCC4C(=O)Nc4cccc(C)c4)c3n2)cc1OC. The number of hydrogen-bond donors (Lipinski definition) is 3. The summed E-state index contributed by atoms with van der Waals surface area (Å²) >= 11 is 0. The number of fused-ring (bicyclic) bond motifs is 1. The van der Waals surface area contributed by atoms with E-state index >= 15 is 0 Å². The first-order valence-electron chi connectivity index (χ1n) is 14.5. The number of hydrogen-bond acceptors (Lipinski definition) is 9. The lowest BCUT2D eigenvalue weighted by Gasteiger charge is -2.36. The smallest absolute Gasteiger partial charge is 0.248 e. The van der Waals surface area contributed by atoms with Gasteiger partial charge in [-0.25, -0.2) is 9.97 Å². The quantitative estimate of drug-likeness (QED) is 0.216. The van der Waals surface area contributed by atoms with Gasteiger partial charge in [0.05, 0.1) is 25.4 Å². The molecule has 5 aromatic rings. The molecule has 0 spiro atoms. The van der Waals surface area contributed by atoms with Crippen molar-refractivity contribution in [2.75, 3.05) is 49.4 Å². The first-order chi connectivity index (χ1) is 21.4. The summed E-state index contributed by atoms with van der Waals surface area (Å²) in [5.74, 6) is 2.12. The third kappa shape index (κ3) is 6.11. The fourth-order valence-corrected chi connectivity index (χ4v) is 5.32. The maximum atomic E-state index is 13.7. The fourth-order valence-electron chi connectivity index (χ4n) is 5.32. The summed E-state index contributed by atoms with van der Waals surface area (Å²) in [6.07, 6.45) is 0. The number of rotatable bonds is 8. The Hall–Kier alpha value is -5.22. The number of pyridine rings is 1. The molecule has 1 saturated heterocycles. The van der Waals surface area contributed by atoms with Gasteiger partial charge in [0, 0.05) is 36.6 Å².